The van der Waals surface area contributed by atoms with Crippen molar-refractivity contribution in [2.45, 2.75) is 110 Å². The molecule has 0 radical (unpaired) electrons. The zero-order valence-corrected chi connectivity index (χ0v) is 15.6. The first kappa shape index (κ1) is 21.7. The third kappa shape index (κ3) is 19.7. The monoisotopic (exact) mass is 310 g/mol. The summed E-state index contributed by atoms with van der Waals surface area (Å²) in [6.07, 6.45) is 25.5. The highest BCUT2D eigenvalue weighted by atomic mass is 16.5. The Balaban J connectivity index is 3.02. The molecule has 0 amide bonds. The van der Waals surface area contributed by atoms with Crippen LogP contribution in [0.2, 0.25) is 0 Å². The Morgan fingerprint density at radius 1 is 0.545 bits per heavy atom. The van der Waals surface area contributed by atoms with Crippen LogP contribution >= 0.6 is 0 Å². The van der Waals surface area contributed by atoms with E-state index in [4.69, 9.17) is 4.74 Å². The fourth-order valence-electron chi connectivity index (χ4n) is 2.77. The van der Waals surface area contributed by atoms with Crippen molar-refractivity contribution in [3.63, 3.8) is 0 Å². The van der Waals surface area contributed by atoms with Crippen molar-refractivity contribution < 1.29 is 4.74 Å². The lowest BCUT2D eigenvalue weighted by molar-refractivity contribution is 0.143. The molecule has 1 nitrogen and oxygen atoms in total. The van der Waals surface area contributed by atoms with Gasteiger partial charge in [0, 0.05) is 13.2 Å². The van der Waals surface area contributed by atoms with Gasteiger partial charge in [-0.25, -0.2) is 0 Å². The fraction of sp³-hybridized carbons (Fsp3) is 0.905. The lowest BCUT2D eigenvalue weighted by Crippen LogP contribution is -1.92. The van der Waals surface area contributed by atoms with Crippen LogP contribution in [-0.4, -0.2) is 13.2 Å². The minimum absolute atomic E-state index is 0.867. The molecule has 0 aliphatic heterocycles. The van der Waals surface area contributed by atoms with E-state index in [2.05, 4.69) is 26.0 Å². The van der Waals surface area contributed by atoms with Gasteiger partial charge in [0.1, 0.15) is 0 Å². The van der Waals surface area contributed by atoms with Crippen molar-refractivity contribution in [1.82, 2.24) is 0 Å². The average molecular weight is 311 g/mol. The third-order valence-corrected chi connectivity index (χ3v) is 4.25. The largest absolute Gasteiger partial charge is 0.382 e. The van der Waals surface area contributed by atoms with Crippen molar-refractivity contribution >= 4 is 0 Å². The first-order valence-corrected chi connectivity index (χ1v) is 10.1. The van der Waals surface area contributed by atoms with Crippen LogP contribution in [0.3, 0.4) is 0 Å². The summed E-state index contributed by atoms with van der Waals surface area (Å²) in [6.45, 7) is 6.18. The van der Waals surface area contributed by atoms with Crippen LogP contribution in [-0.2, 0) is 4.74 Å². The number of rotatable bonds is 18. The van der Waals surface area contributed by atoms with E-state index in [1.165, 1.54) is 96.3 Å². The van der Waals surface area contributed by atoms with Gasteiger partial charge in [0.05, 0.1) is 0 Å². The first-order chi connectivity index (χ1) is 10.9. The van der Waals surface area contributed by atoms with Gasteiger partial charge < -0.3 is 4.74 Å². The fourth-order valence-corrected chi connectivity index (χ4v) is 2.77. The predicted octanol–water partition coefficient (Wildman–Crippen LogP) is 7.45. The van der Waals surface area contributed by atoms with Crippen LogP contribution in [0.25, 0.3) is 0 Å². The molecule has 0 aliphatic carbocycles. The summed E-state index contributed by atoms with van der Waals surface area (Å²) >= 11 is 0. The Morgan fingerprint density at radius 2 is 1.00 bits per heavy atom. The molecule has 0 bridgehead atoms. The molecular weight excluding hydrogens is 268 g/mol. The Morgan fingerprint density at radius 3 is 1.50 bits per heavy atom. The number of hydrogen-bond acceptors (Lipinski definition) is 1. The molecule has 0 N–H and O–H groups in total. The molecule has 0 heterocycles. The van der Waals surface area contributed by atoms with Crippen LogP contribution in [0.15, 0.2) is 12.2 Å². The quantitative estimate of drug-likeness (QED) is 0.189. The maximum absolute atomic E-state index is 5.35. The zero-order chi connectivity index (χ0) is 16.1. The van der Waals surface area contributed by atoms with Gasteiger partial charge in [0.15, 0.2) is 0 Å². The smallest absolute Gasteiger partial charge is 0.0465 e. The van der Waals surface area contributed by atoms with Crippen LogP contribution in [0, 0.1) is 0 Å². The van der Waals surface area contributed by atoms with Gasteiger partial charge in [-0.05, 0) is 39.0 Å². The molecule has 0 aliphatic rings. The standard InChI is InChI=1S/C21H42O/c1-3-5-6-7-8-9-10-11-12-13-14-15-16-17-18-19-20-21-22-4-2/h11-12H,3-10,13-21H2,1-2H3/b12-11-. The summed E-state index contributed by atoms with van der Waals surface area (Å²) < 4.78 is 5.35. The molecule has 0 fully saturated rings. The van der Waals surface area contributed by atoms with E-state index in [0.717, 1.165) is 13.2 Å². The van der Waals surface area contributed by atoms with E-state index < -0.39 is 0 Å². The molecule has 0 unspecified atom stereocenters. The molecule has 0 saturated carbocycles. The van der Waals surface area contributed by atoms with Gasteiger partial charge in [-0.1, -0.05) is 83.3 Å². The van der Waals surface area contributed by atoms with Crippen LogP contribution in [0.1, 0.15) is 110 Å². The molecule has 0 aromatic rings. The summed E-state index contributed by atoms with van der Waals surface area (Å²) in [6, 6.07) is 0. The number of hydrogen-bond donors (Lipinski definition) is 0. The van der Waals surface area contributed by atoms with Gasteiger partial charge in [0.25, 0.3) is 0 Å². The van der Waals surface area contributed by atoms with Gasteiger partial charge in [-0.15, -0.1) is 0 Å². The second kappa shape index (κ2) is 20.7. The van der Waals surface area contributed by atoms with Crippen LogP contribution in [0.5, 0.6) is 0 Å². The summed E-state index contributed by atoms with van der Waals surface area (Å²) in [5, 5.41) is 0. The Hall–Kier alpha value is -0.300. The van der Waals surface area contributed by atoms with Gasteiger partial charge >= 0.3 is 0 Å². The second-order valence-corrected chi connectivity index (χ2v) is 6.49. The summed E-state index contributed by atoms with van der Waals surface area (Å²) in [5.41, 5.74) is 0. The van der Waals surface area contributed by atoms with Crippen molar-refractivity contribution in [1.29, 1.82) is 0 Å². The molecule has 1 heteroatoms. The van der Waals surface area contributed by atoms with Crippen molar-refractivity contribution in [3.8, 4) is 0 Å². The van der Waals surface area contributed by atoms with E-state index in [9.17, 15) is 0 Å². The highest BCUT2D eigenvalue weighted by Crippen LogP contribution is 2.10. The highest BCUT2D eigenvalue weighted by Gasteiger charge is 1.92. The number of unbranched alkanes of at least 4 members (excludes halogenated alkanes) is 13. The van der Waals surface area contributed by atoms with Gasteiger partial charge in [-0.2, -0.15) is 0 Å². The molecule has 22 heavy (non-hydrogen) atoms. The normalized spacial score (nSPS) is 11.5. The van der Waals surface area contributed by atoms with Crippen LogP contribution < -0.4 is 0 Å². The third-order valence-electron chi connectivity index (χ3n) is 4.25. The van der Waals surface area contributed by atoms with Gasteiger partial charge in [-0.3, -0.25) is 0 Å². The Kier molecular flexibility index (Phi) is 20.4. The predicted molar refractivity (Wildman–Crippen MR) is 101 cm³/mol. The summed E-state index contributed by atoms with van der Waals surface area (Å²) in [5.74, 6) is 0. The van der Waals surface area contributed by atoms with E-state index >= 15 is 0 Å². The Bertz CT molecular complexity index is 210. The molecule has 0 atom stereocenters. The van der Waals surface area contributed by atoms with Crippen LogP contribution in [0.4, 0.5) is 0 Å². The molecule has 0 aromatic heterocycles. The molecule has 0 rings (SSSR count). The SMILES string of the molecule is CCCCCCCC/C=C\CCCCCCCCCOCC. The lowest BCUT2D eigenvalue weighted by Gasteiger charge is -2.02. The molecule has 0 aromatic carbocycles. The topological polar surface area (TPSA) is 9.23 Å². The van der Waals surface area contributed by atoms with Crippen molar-refractivity contribution in [3.05, 3.63) is 12.2 Å². The van der Waals surface area contributed by atoms with Crippen molar-refractivity contribution in [2.75, 3.05) is 13.2 Å². The zero-order valence-electron chi connectivity index (χ0n) is 15.6. The average Bonchev–Trinajstić information content (AvgIpc) is 2.54. The maximum atomic E-state index is 5.35. The minimum Gasteiger partial charge on any atom is -0.382 e. The lowest BCUT2D eigenvalue weighted by atomic mass is 10.1. The molecular formula is C21H42O. The summed E-state index contributed by atoms with van der Waals surface area (Å²) in [4.78, 5) is 0. The maximum Gasteiger partial charge on any atom is 0.0465 e. The first-order valence-electron chi connectivity index (χ1n) is 10.1. The van der Waals surface area contributed by atoms with Crippen molar-refractivity contribution in [2.24, 2.45) is 0 Å². The minimum atomic E-state index is 0.867. The number of ether oxygens (including phenoxy) is 1. The molecule has 132 valence electrons. The molecule has 0 spiro atoms. The van der Waals surface area contributed by atoms with E-state index in [1.54, 1.807) is 0 Å². The van der Waals surface area contributed by atoms with E-state index in [1.807, 2.05) is 0 Å². The molecule has 0 saturated heterocycles. The second-order valence-electron chi connectivity index (χ2n) is 6.49. The van der Waals surface area contributed by atoms with E-state index in [0.29, 0.717) is 0 Å². The highest BCUT2D eigenvalue weighted by molar-refractivity contribution is 4.81. The number of allylic oxidation sites excluding steroid dienone is 2. The van der Waals surface area contributed by atoms with E-state index in [-0.39, 0.29) is 0 Å². The van der Waals surface area contributed by atoms with Gasteiger partial charge in [0.2, 0.25) is 0 Å². The Labute approximate surface area is 140 Å². The summed E-state index contributed by atoms with van der Waals surface area (Å²) in [7, 11) is 0.